The molecule has 7 nitrogen and oxygen atoms in total. The highest BCUT2D eigenvalue weighted by Crippen LogP contribution is 2.62. The second-order valence-corrected chi connectivity index (χ2v) is 11.9. The Kier molecular flexibility index (Phi) is 7.35. The van der Waals surface area contributed by atoms with Gasteiger partial charge in [0.15, 0.2) is 0 Å². The van der Waals surface area contributed by atoms with Crippen LogP contribution in [0.15, 0.2) is 36.4 Å². The molecule has 4 aliphatic rings. The second kappa shape index (κ2) is 10.6. The summed E-state index contributed by atoms with van der Waals surface area (Å²) in [6, 6.07) is 9.36. The van der Waals surface area contributed by atoms with E-state index in [4.69, 9.17) is 27.9 Å². The number of hydrogen-bond donors (Lipinski definition) is 3. The summed E-state index contributed by atoms with van der Waals surface area (Å²) in [4.78, 5) is 30.5. The number of benzene rings is 2. The maximum Gasteiger partial charge on any atom is 0.237 e. The van der Waals surface area contributed by atoms with Gasteiger partial charge in [0, 0.05) is 48.3 Å². The summed E-state index contributed by atoms with van der Waals surface area (Å²) >= 11 is 12.6. The van der Waals surface area contributed by atoms with E-state index in [9.17, 15) is 9.59 Å². The number of fused-ring (bicyclic) bond motifs is 3. The van der Waals surface area contributed by atoms with E-state index in [-0.39, 0.29) is 22.4 Å². The third-order valence-corrected chi connectivity index (χ3v) is 9.66. The van der Waals surface area contributed by atoms with Crippen LogP contribution in [0.25, 0.3) is 0 Å². The van der Waals surface area contributed by atoms with E-state index in [2.05, 4.69) is 20.9 Å². The zero-order valence-electron chi connectivity index (χ0n) is 21.7. The molecular formula is C29H33Cl2FN4O3. The van der Waals surface area contributed by atoms with Gasteiger partial charge in [0.2, 0.25) is 11.8 Å². The molecule has 0 bridgehead atoms. The zero-order valence-corrected chi connectivity index (χ0v) is 23.2. The molecule has 0 unspecified atom stereocenters. The van der Waals surface area contributed by atoms with E-state index in [1.54, 1.807) is 24.3 Å². The lowest BCUT2D eigenvalue weighted by Gasteiger charge is -2.47. The number of nitrogens with one attached hydrogen (secondary N) is 3. The van der Waals surface area contributed by atoms with Gasteiger partial charge < -0.3 is 15.4 Å². The number of morpholine rings is 1. The van der Waals surface area contributed by atoms with E-state index in [1.165, 1.54) is 6.07 Å². The maximum atomic E-state index is 15.9. The standard InChI is InChI=1S/C29H33Cl2FN4O3/c30-18-7-8-20-22(17-18)34-27(38)29(20)23(19-5-4-6-21(31)24(19)32)25(35-28(29)9-2-1-3-10-28)26(37)33-11-12-36-13-15-39-16-14-36/h4-8,17,23,25,35H,1-3,9-16H2,(H,33,37)(H,34,38)/t23-,25+,29+/m0/s1. The first-order chi connectivity index (χ1) is 18.9. The van der Waals surface area contributed by atoms with Gasteiger partial charge in [0.1, 0.15) is 11.2 Å². The van der Waals surface area contributed by atoms with Crippen LogP contribution in [0.5, 0.6) is 0 Å². The maximum absolute atomic E-state index is 15.9. The lowest BCUT2D eigenvalue weighted by atomic mass is 9.55. The van der Waals surface area contributed by atoms with Crippen molar-refractivity contribution in [1.29, 1.82) is 0 Å². The number of anilines is 1. The molecule has 3 heterocycles. The van der Waals surface area contributed by atoms with Gasteiger partial charge in [-0.05, 0) is 42.2 Å². The number of nitrogens with zero attached hydrogens (tertiary/aromatic N) is 1. The number of halogens is 3. The van der Waals surface area contributed by atoms with Crippen molar-refractivity contribution in [1.82, 2.24) is 15.5 Å². The predicted molar refractivity (Wildman–Crippen MR) is 149 cm³/mol. The van der Waals surface area contributed by atoms with E-state index < -0.39 is 28.7 Å². The third-order valence-electron chi connectivity index (χ3n) is 9.14. The van der Waals surface area contributed by atoms with Gasteiger partial charge in [0.05, 0.1) is 24.3 Å². The second-order valence-electron chi connectivity index (χ2n) is 11.1. The Morgan fingerprint density at radius 1 is 1.13 bits per heavy atom. The van der Waals surface area contributed by atoms with Crippen LogP contribution in [0, 0.1) is 5.82 Å². The van der Waals surface area contributed by atoms with Gasteiger partial charge in [-0.1, -0.05) is 60.7 Å². The zero-order chi connectivity index (χ0) is 27.2. The number of rotatable bonds is 5. The first-order valence-electron chi connectivity index (χ1n) is 13.8. The molecule has 3 fully saturated rings. The molecule has 2 aromatic carbocycles. The van der Waals surface area contributed by atoms with Crippen LogP contribution < -0.4 is 16.0 Å². The van der Waals surface area contributed by atoms with Gasteiger partial charge in [-0.15, -0.1) is 0 Å². The van der Waals surface area contributed by atoms with Gasteiger partial charge >= 0.3 is 0 Å². The van der Waals surface area contributed by atoms with Crippen LogP contribution in [-0.2, 0) is 19.7 Å². The van der Waals surface area contributed by atoms with Crippen LogP contribution in [-0.4, -0.2) is 67.7 Å². The number of carbonyl (C=O) groups is 2. The molecule has 3 atom stereocenters. The van der Waals surface area contributed by atoms with Crippen molar-refractivity contribution < 1.29 is 18.7 Å². The van der Waals surface area contributed by atoms with Gasteiger partial charge in [-0.3, -0.25) is 19.8 Å². The van der Waals surface area contributed by atoms with Crippen molar-refractivity contribution in [3.05, 3.63) is 63.4 Å². The van der Waals surface area contributed by atoms with Crippen LogP contribution in [0.3, 0.4) is 0 Å². The minimum absolute atomic E-state index is 0.0338. The summed E-state index contributed by atoms with van der Waals surface area (Å²) in [6.07, 6.45) is 4.24. The molecule has 39 heavy (non-hydrogen) atoms. The van der Waals surface area contributed by atoms with Crippen molar-refractivity contribution in [2.24, 2.45) is 0 Å². The quantitative estimate of drug-likeness (QED) is 0.498. The summed E-state index contributed by atoms with van der Waals surface area (Å²) in [5, 5.41) is 10.3. The van der Waals surface area contributed by atoms with Gasteiger partial charge in [0.25, 0.3) is 0 Å². The highest BCUT2D eigenvalue weighted by molar-refractivity contribution is 6.31. The van der Waals surface area contributed by atoms with Crippen molar-refractivity contribution >= 4 is 40.7 Å². The average molecular weight is 576 g/mol. The van der Waals surface area contributed by atoms with Crippen molar-refractivity contribution in [2.45, 2.75) is 55.0 Å². The third kappa shape index (κ3) is 4.36. The molecule has 1 saturated carbocycles. The molecule has 10 heteroatoms. The van der Waals surface area contributed by atoms with Gasteiger partial charge in [-0.2, -0.15) is 0 Å². The minimum Gasteiger partial charge on any atom is -0.379 e. The van der Waals surface area contributed by atoms with Crippen molar-refractivity contribution in [2.75, 3.05) is 44.7 Å². The Hall–Kier alpha value is -2.23. The Labute approximate surface area is 237 Å². The molecule has 208 valence electrons. The average Bonchev–Trinajstić information content (AvgIpc) is 3.38. The molecule has 1 aliphatic carbocycles. The molecule has 6 rings (SSSR count). The van der Waals surface area contributed by atoms with E-state index in [1.807, 2.05) is 6.07 Å². The minimum atomic E-state index is -1.22. The molecular weight excluding hydrogens is 542 g/mol. The number of hydrogen-bond acceptors (Lipinski definition) is 5. The fourth-order valence-electron chi connectivity index (χ4n) is 7.49. The fraction of sp³-hybridized carbons (Fsp3) is 0.517. The molecule has 2 spiro atoms. The largest absolute Gasteiger partial charge is 0.379 e. The topological polar surface area (TPSA) is 82.7 Å². The number of amides is 2. The van der Waals surface area contributed by atoms with Crippen LogP contribution in [0.4, 0.5) is 10.1 Å². The Morgan fingerprint density at radius 3 is 2.67 bits per heavy atom. The normalized spacial score (nSPS) is 28.0. The molecule has 0 radical (unpaired) electrons. The molecule has 2 aromatic rings. The van der Waals surface area contributed by atoms with E-state index in [0.717, 1.165) is 37.9 Å². The highest BCUT2D eigenvalue weighted by atomic mass is 35.5. The predicted octanol–water partition coefficient (Wildman–Crippen LogP) is 4.23. The molecule has 2 amide bonds. The summed E-state index contributed by atoms with van der Waals surface area (Å²) in [6.45, 7) is 4.13. The first kappa shape index (κ1) is 27.0. The smallest absolute Gasteiger partial charge is 0.237 e. The summed E-state index contributed by atoms with van der Waals surface area (Å²) in [7, 11) is 0. The highest BCUT2D eigenvalue weighted by Gasteiger charge is 2.72. The lowest BCUT2D eigenvalue weighted by molar-refractivity contribution is -0.124. The Bertz CT molecular complexity index is 1280. The van der Waals surface area contributed by atoms with Crippen LogP contribution in [0.2, 0.25) is 10.0 Å². The monoisotopic (exact) mass is 574 g/mol. The Balaban J connectivity index is 1.45. The summed E-state index contributed by atoms with van der Waals surface area (Å²) < 4.78 is 21.3. The van der Waals surface area contributed by atoms with E-state index >= 15 is 4.39 Å². The molecule has 2 saturated heterocycles. The van der Waals surface area contributed by atoms with Crippen molar-refractivity contribution in [3.8, 4) is 0 Å². The van der Waals surface area contributed by atoms with Crippen LogP contribution >= 0.6 is 23.2 Å². The van der Waals surface area contributed by atoms with Crippen molar-refractivity contribution in [3.63, 3.8) is 0 Å². The number of carbonyl (C=O) groups excluding carboxylic acids is 2. The first-order valence-corrected chi connectivity index (χ1v) is 14.5. The Morgan fingerprint density at radius 2 is 1.90 bits per heavy atom. The fourth-order valence-corrected chi connectivity index (χ4v) is 7.84. The summed E-state index contributed by atoms with van der Waals surface area (Å²) in [5.41, 5.74) is -0.325. The van der Waals surface area contributed by atoms with Crippen LogP contribution in [0.1, 0.15) is 49.1 Å². The lowest BCUT2D eigenvalue weighted by Crippen LogP contribution is -2.60. The number of ether oxygens (including phenoxy) is 1. The molecule has 0 aromatic heterocycles. The molecule has 3 N–H and O–H groups in total. The molecule has 3 aliphatic heterocycles. The SMILES string of the molecule is O=C(NCCN1CCOCC1)[C@@H]1NC2(CCCCC2)[C@@]2(C(=O)Nc3cc(Cl)ccc32)[C@H]1c1cccc(Cl)c1F. The van der Waals surface area contributed by atoms with E-state index in [0.29, 0.717) is 49.9 Å². The summed E-state index contributed by atoms with van der Waals surface area (Å²) in [5.74, 6) is -1.90. The van der Waals surface area contributed by atoms with Gasteiger partial charge in [-0.25, -0.2) is 4.39 Å².